The highest BCUT2D eigenvalue weighted by Crippen LogP contribution is 2.31. The Balaban J connectivity index is 2.03. The first-order valence-electron chi connectivity index (χ1n) is 8.75. The number of allylic oxidation sites excluding steroid dienone is 1. The molecular formula is C20H21NO6S. The quantitative estimate of drug-likeness (QED) is 0.443. The molecule has 0 bridgehead atoms. The van der Waals surface area contributed by atoms with Gasteiger partial charge in [-0.3, -0.25) is 0 Å². The smallest absolute Gasteiger partial charge is 0.349 e. The second-order valence-electron chi connectivity index (χ2n) is 6.93. The average molecular weight is 403 g/mol. The zero-order chi connectivity index (χ0) is 20.7. The molecule has 0 atom stereocenters. The van der Waals surface area contributed by atoms with Crippen LogP contribution in [0, 0.1) is 6.92 Å². The van der Waals surface area contributed by atoms with Gasteiger partial charge in [0, 0.05) is 26.2 Å². The van der Waals surface area contributed by atoms with E-state index in [1.807, 2.05) is 6.92 Å². The molecule has 0 N–H and O–H groups in total. The van der Waals surface area contributed by atoms with Crippen molar-refractivity contribution in [1.29, 1.82) is 0 Å². The van der Waals surface area contributed by atoms with Crippen LogP contribution >= 0.6 is 0 Å². The van der Waals surface area contributed by atoms with E-state index in [1.54, 1.807) is 19.1 Å². The van der Waals surface area contributed by atoms with Crippen LogP contribution in [0.5, 0.6) is 0 Å². The van der Waals surface area contributed by atoms with Gasteiger partial charge in [0.25, 0.3) is 15.8 Å². The summed E-state index contributed by atoms with van der Waals surface area (Å²) in [5, 5.41) is 0. The molecule has 7 nitrogen and oxygen atoms in total. The molecule has 1 aliphatic rings. The van der Waals surface area contributed by atoms with Gasteiger partial charge in [-0.1, -0.05) is 24.6 Å². The Bertz CT molecular complexity index is 1050. The number of benzene rings is 1. The minimum atomic E-state index is -3.79. The van der Waals surface area contributed by atoms with Crippen molar-refractivity contribution < 1.29 is 27.5 Å². The number of carbonyl (C=O) groups is 2. The average Bonchev–Trinajstić information content (AvgIpc) is 3.08. The van der Waals surface area contributed by atoms with Crippen molar-refractivity contribution >= 4 is 27.5 Å². The van der Waals surface area contributed by atoms with E-state index >= 15 is 0 Å². The van der Waals surface area contributed by atoms with Gasteiger partial charge in [-0.15, -0.1) is 0 Å². The zero-order valence-electron chi connectivity index (χ0n) is 16.1. The Hall–Kier alpha value is -2.87. The maximum Gasteiger partial charge on any atom is 0.349 e. The monoisotopic (exact) mass is 403 g/mol. The number of aromatic nitrogens is 1. The van der Waals surface area contributed by atoms with E-state index in [0.717, 1.165) is 9.54 Å². The second-order valence-corrected chi connectivity index (χ2v) is 8.78. The summed E-state index contributed by atoms with van der Waals surface area (Å²) in [7, 11) is -3.79. The molecule has 1 aromatic carbocycles. The Kier molecular flexibility index (Phi) is 4.93. The fraction of sp³-hybridized carbons (Fsp3) is 0.300. The first kappa shape index (κ1) is 19.9. The highest BCUT2D eigenvalue weighted by atomic mass is 32.2. The van der Waals surface area contributed by atoms with Crippen LogP contribution < -0.4 is 0 Å². The van der Waals surface area contributed by atoms with Gasteiger partial charge in [-0.2, -0.15) is 0 Å². The van der Waals surface area contributed by atoms with Crippen LogP contribution in [0.4, 0.5) is 0 Å². The number of hydrogen-bond donors (Lipinski definition) is 0. The van der Waals surface area contributed by atoms with Gasteiger partial charge < -0.3 is 9.47 Å². The van der Waals surface area contributed by atoms with E-state index in [9.17, 15) is 18.0 Å². The molecule has 1 saturated heterocycles. The normalized spacial score (nSPS) is 16.5. The van der Waals surface area contributed by atoms with Crippen LogP contribution in [0.3, 0.4) is 0 Å². The molecule has 1 aromatic heterocycles. The summed E-state index contributed by atoms with van der Waals surface area (Å²) in [5.74, 6) is -2.91. The molecule has 2 aromatic rings. The number of hydrogen-bond acceptors (Lipinski definition) is 6. The van der Waals surface area contributed by atoms with E-state index < -0.39 is 27.7 Å². The first-order valence-corrected chi connectivity index (χ1v) is 10.2. The lowest BCUT2D eigenvalue weighted by Gasteiger charge is -2.30. The molecule has 0 spiro atoms. The van der Waals surface area contributed by atoms with Crippen molar-refractivity contribution in [1.82, 2.24) is 3.97 Å². The van der Waals surface area contributed by atoms with E-state index in [4.69, 9.17) is 9.47 Å². The number of ether oxygens (including phenoxy) is 2. The third-order valence-electron chi connectivity index (χ3n) is 4.35. The summed E-state index contributed by atoms with van der Waals surface area (Å²) in [6, 6.07) is 8.03. The minimum Gasteiger partial charge on any atom is -0.419 e. The van der Waals surface area contributed by atoms with Gasteiger partial charge in [-0.25, -0.2) is 22.0 Å². The molecule has 0 unspecified atom stereocenters. The SMILES string of the molecule is CCC(=C1C(=O)OC(C)(C)OC1=O)c1ccn(S(=O)(=O)c2ccc(C)cc2)c1. The van der Waals surface area contributed by atoms with Crippen molar-refractivity contribution in [3.63, 3.8) is 0 Å². The number of aryl methyl sites for hydroxylation is 1. The Labute approximate surface area is 163 Å². The maximum atomic E-state index is 12.8. The first-order chi connectivity index (χ1) is 13.0. The molecule has 28 heavy (non-hydrogen) atoms. The highest BCUT2D eigenvalue weighted by molar-refractivity contribution is 7.90. The number of rotatable bonds is 4. The molecule has 0 aliphatic carbocycles. The molecule has 2 heterocycles. The summed E-state index contributed by atoms with van der Waals surface area (Å²) >= 11 is 0. The molecule has 1 fully saturated rings. The number of nitrogens with zero attached hydrogens (tertiary/aromatic N) is 1. The summed E-state index contributed by atoms with van der Waals surface area (Å²) in [5.41, 5.74) is 1.53. The van der Waals surface area contributed by atoms with Crippen LogP contribution in [0.25, 0.3) is 5.57 Å². The Morgan fingerprint density at radius 3 is 2.14 bits per heavy atom. The van der Waals surface area contributed by atoms with Crippen LogP contribution in [0.15, 0.2) is 53.2 Å². The van der Waals surface area contributed by atoms with Gasteiger partial charge in [-0.05, 0) is 42.7 Å². The highest BCUT2D eigenvalue weighted by Gasteiger charge is 2.40. The lowest BCUT2D eigenvalue weighted by Crippen LogP contribution is -2.42. The van der Waals surface area contributed by atoms with E-state index in [1.165, 1.54) is 44.4 Å². The minimum absolute atomic E-state index is 0.143. The van der Waals surface area contributed by atoms with Crippen LogP contribution in [0.2, 0.25) is 0 Å². The number of cyclic esters (lactones) is 2. The lowest BCUT2D eigenvalue weighted by molar-refractivity contribution is -0.222. The van der Waals surface area contributed by atoms with Crippen molar-refractivity contribution in [2.45, 2.75) is 44.8 Å². The fourth-order valence-corrected chi connectivity index (χ4v) is 4.16. The standard InChI is InChI=1S/C20H21NO6S/c1-5-16(17-18(22)26-20(3,4)27-19(17)23)14-10-11-21(12-14)28(24,25)15-8-6-13(2)7-9-15/h6-12H,5H2,1-4H3. The van der Waals surface area contributed by atoms with Crippen LogP contribution in [-0.2, 0) is 29.1 Å². The largest absolute Gasteiger partial charge is 0.419 e. The molecule has 148 valence electrons. The molecular weight excluding hydrogens is 382 g/mol. The second kappa shape index (κ2) is 6.94. The molecule has 0 amide bonds. The van der Waals surface area contributed by atoms with E-state index in [-0.39, 0.29) is 10.5 Å². The molecule has 3 rings (SSSR count). The predicted molar refractivity (Wildman–Crippen MR) is 102 cm³/mol. The zero-order valence-corrected chi connectivity index (χ0v) is 16.9. The molecule has 0 radical (unpaired) electrons. The summed E-state index contributed by atoms with van der Waals surface area (Å²) < 4.78 is 37.0. The van der Waals surface area contributed by atoms with Gasteiger partial charge in [0.15, 0.2) is 0 Å². The molecule has 1 aliphatic heterocycles. The third-order valence-corrected chi connectivity index (χ3v) is 6.00. The fourth-order valence-electron chi connectivity index (χ4n) is 2.96. The van der Waals surface area contributed by atoms with Crippen LogP contribution in [0.1, 0.15) is 38.3 Å². The van der Waals surface area contributed by atoms with Crippen molar-refractivity contribution in [2.24, 2.45) is 0 Å². The summed E-state index contributed by atoms with van der Waals surface area (Å²) in [6.07, 6.45) is 3.07. The van der Waals surface area contributed by atoms with Gasteiger partial charge in [0.1, 0.15) is 5.57 Å². The topological polar surface area (TPSA) is 91.7 Å². The van der Waals surface area contributed by atoms with Crippen molar-refractivity contribution in [2.75, 3.05) is 0 Å². The molecule has 8 heteroatoms. The maximum absolute atomic E-state index is 12.8. The summed E-state index contributed by atoms with van der Waals surface area (Å²) in [4.78, 5) is 24.8. The molecule has 0 saturated carbocycles. The van der Waals surface area contributed by atoms with E-state index in [2.05, 4.69) is 0 Å². The van der Waals surface area contributed by atoms with Gasteiger partial charge >= 0.3 is 11.9 Å². The number of carbonyl (C=O) groups excluding carboxylic acids is 2. The van der Waals surface area contributed by atoms with Gasteiger partial charge in [0.05, 0.1) is 4.90 Å². The predicted octanol–water partition coefficient (Wildman–Crippen LogP) is 3.03. The Morgan fingerprint density at radius 1 is 1.04 bits per heavy atom. The Morgan fingerprint density at radius 2 is 1.61 bits per heavy atom. The third kappa shape index (κ3) is 3.60. The van der Waals surface area contributed by atoms with Crippen molar-refractivity contribution in [3.05, 3.63) is 59.4 Å². The number of esters is 2. The van der Waals surface area contributed by atoms with Crippen LogP contribution in [-0.4, -0.2) is 30.1 Å². The van der Waals surface area contributed by atoms with Crippen molar-refractivity contribution in [3.8, 4) is 0 Å². The summed E-state index contributed by atoms with van der Waals surface area (Å²) in [6.45, 7) is 6.56. The van der Waals surface area contributed by atoms with Gasteiger partial charge in [0.2, 0.25) is 0 Å². The lowest BCUT2D eigenvalue weighted by atomic mass is 9.99. The van der Waals surface area contributed by atoms with E-state index in [0.29, 0.717) is 17.6 Å².